The molecule has 0 spiro atoms. The second-order valence-corrected chi connectivity index (χ2v) is 9.04. The maximum atomic E-state index is 13.4. The third kappa shape index (κ3) is 6.79. The molecule has 34 heavy (non-hydrogen) atoms. The summed E-state index contributed by atoms with van der Waals surface area (Å²) in [4.78, 5) is 17.1. The monoisotopic (exact) mass is 481 g/mol. The van der Waals surface area contributed by atoms with Crippen molar-refractivity contribution >= 4 is 17.5 Å². The van der Waals surface area contributed by atoms with Crippen molar-refractivity contribution in [3.8, 4) is 16.9 Å². The summed E-state index contributed by atoms with van der Waals surface area (Å²) in [6.45, 7) is 5.04. The van der Waals surface area contributed by atoms with E-state index >= 15 is 0 Å². The SMILES string of the molecule is CN1CCN(Cc2cc(-c3ccc(F)cc3)ccc2OCC(=O)NCc2ccc(Cl)cc2)CC1. The Balaban J connectivity index is 1.44. The van der Waals surface area contributed by atoms with Crippen LogP contribution in [0.2, 0.25) is 5.02 Å². The van der Waals surface area contributed by atoms with Crippen LogP contribution in [0.15, 0.2) is 66.7 Å². The van der Waals surface area contributed by atoms with Crippen molar-refractivity contribution in [2.75, 3.05) is 39.8 Å². The van der Waals surface area contributed by atoms with Crippen molar-refractivity contribution in [2.45, 2.75) is 13.1 Å². The molecule has 1 saturated heterocycles. The number of carbonyl (C=O) groups is 1. The smallest absolute Gasteiger partial charge is 0.258 e. The van der Waals surface area contributed by atoms with Gasteiger partial charge in [-0.25, -0.2) is 4.39 Å². The number of likely N-dealkylation sites (N-methyl/N-ethyl adjacent to an activating group) is 1. The molecule has 1 aliphatic rings. The van der Waals surface area contributed by atoms with E-state index in [-0.39, 0.29) is 18.3 Å². The molecule has 0 unspecified atom stereocenters. The number of hydrogen-bond acceptors (Lipinski definition) is 4. The first kappa shape index (κ1) is 24.2. The third-order valence-electron chi connectivity index (χ3n) is 5.99. The van der Waals surface area contributed by atoms with Gasteiger partial charge in [-0.2, -0.15) is 0 Å². The molecule has 3 aromatic carbocycles. The van der Waals surface area contributed by atoms with Crippen LogP contribution in [-0.2, 0) is 17.9 Å². The Morgan fingerprint density at radius 1 is 0.971 bits per heavy atom. The van der Waals surface area contributed by atoms with Crippen molar-refractivity contribution in [3.63, 3.8) is 0 Å². The van der Waals surface area contributed by atoms with Gasteiger partial charge in [-0.3, -0.25) is 9.69 Å². The van der Waals surface area contributed by atoms with Gasteiger partial charge < -0.3 is 15.0 Å². The van der Waals surface area contributed by atoms with Gasteiger partial charge in [0.2, 0.25) is 0 Å². The molecular weight excluding hydrogens is 453 g/mol. The predicted molar refractivity (Wildman–Crippen MR) is 133 cm³/mol. The molecule has 0 aliphatic carbocycles. The highest BCUT2D eigenvalue weighted by Gasteiger charge is 2.17. The molecule has 1 fully saturated rings. The molecule has 3 aromatic rings. The first-order valence-corrected chi connectivity index (χ1v) is 11.8. The third-order valence-corrected chi connectivity index (χ3v) is 6.24. The molecule has 1 N–H and O–H groups in total. The fourth-order valence-electron chi connectivity index (χ4n) is 3.91. The minimum Gasteiger partial charge on any atom is -0.483 e. The molecule has 4 rings (SSSR count). The van der Waals surface area contributed by atoms with E-state index in [4.69, 9.17) is 16.3 Å². The molecule has 5 nitrogen and oxygen atoms in total. The van der Waals surface area contributed by atoms with E-state index in [1.54, 1.807) is 24.3 Å². The van der Waals surface area contributed by atoms with Gasteiger partial charge in [0, 0.05) is 49.9 Å². The number of benzene rings is 3. The highest BCUT2D eigenvalue weighted by molar-refractivity contribution is 6.30. The molecule has 0 bridgehead atoms. The second kappa shape index (κ2) is 11.5. The summed E-state index contributed by atoms with van der Waals surface area (Å²) in [7, 11) is 2.13. The van der Waals surface area contributed by atoms with Crippen molar-refractivity contribution in [1.29, 1.82) is 0 Å². The molecule has 1 aliphatic heterocycles. The van der Waals surface area contributed by atoms with Crippen LogP contribution in [0.3, 0.4) is 0 Å². The maximum Gasteiger partial charge on any atom is 0.258 e. The lowest BCUT2D eigenvalue weighted by atomic mass is 10.0. The molecule has 1 amide bonds. The fraction of sp³-hybridized carbons (Fsp3) is 0.296. The van der Waals surface area contributed by atoms with E-state index in [1.807, 2.05) is 24.3 Å². The average Bonchev–Trinajstić information content (AvgIpc) is 2.85. The topological polar surface area (TPSA) is 44.8 Å². The molecule has 1 heterocycles. The number of piperazine rings is 1. The van der Waals surface area contributed by atoms with Crippen LogP contribution >= 0.6 is 11.6 Å². The number of rotatable bonds is 8. The van der Waals surface area contributed by atoms with E-state index in [2.05, 4.69) is 28.2 Å². The molecule has 0 saturated carbocycles. The van der Waals surface area contributed by atoms with Gasteiger partial charge in [0.1, 0.15) is 11.6 Å². The zero-order chi connectivity index (χ0) is 23.9. The van der Waals surface area contributed by atoms with Crippen molar-refractivity contribution < 1.29 is 13.9 Å². The molecule has 0 aromatic heterocycles. The lowest BCUT2D eigenvalue weighted by molar-refractivity contribution is -0.123. The van der Waals surface area contributed by atoms with Gasteiger partial charge in [-0.1, -0.05) is 41.9 Å². The molecule has 178 valence electrons. The normalized spacial score (nSPS) is 14.7. The van der Waals surface area contributed by atoms with E-state index in [0.717, 1.165) is 55.0 Å². The molecule has 0 atom stereocenters. The fourth-order valence-corrected chi connectivity index (χ4v) is 4.04. The van der Waals surface area contributed by atoms with E-state index in [1.165, 1.54) is 12.1 Å². The Hall–Kier alpha value is -2.93. The summed E-state index contributed by atoms with van der Waals surface area (Å²) in [6.07, 6.45) is 0. The van der Waals surface area contributed by atoms with Gasteiger partial charge in [0.05, 0.1) is 0 Å². The highest BCUT2D eigenvalue weighted by atomic mass is 35.5. The lowest BCUT2D eigenvalue weighted by Gasteiger charge is -2.32. The van der Waals surface area contributed by atoms with E-state index in [0.29, 0.717) is 17.3 Å². The minimum absolute atomic E-state index is 0.0702. The summed E-state index contributed by atoms with van der Waals surface area (Å²) in [5.41, 5.74) is 3.91. The van der Waals surface area contributed by atoms with Crippen LogP contribution in [0.5, 0.6) is 5.75 Å². The summed E-state index contributed by atoms with van der Waals surface area (Å²) < 4.78 is 19.3. The van der Waals surface area contributed by atoms with E-state index in [9.17, 15) is 9.18 Å². The zero-order valence-corrected chi connectivity index (χ0v) is 20.0. The van der Waals surface area contributed by atoms with Crippen LogP contribution in [0.25, 0.3) is 11.1 Å². The maximum absolute atomic E-state index is 13.4. The van der Waals surface area contributed by atoms with Crippen LogP contribution in [0.4, 0.5) is 4.39 Å². The standard InChI is InChI=1S/C27H29ClFN3O2/c1-31-12-14-32(15-13-31)18-23-16-22(21-4-9-25(29)10-5-21)6-11-26(23)34-19-27(33)30-17-20-2-7-24(28)8-3-20/h2-11,16H,12-15,17-19H2,1H3,(H,30,33). The van der Waals surface area contributed by atoms with Crippen LogP contribution in [-0.4, -0.2) is 55.5 Å². The van der Waals surface area contributed by atoms with Crippen LogP contribution < -0.4 is 10.1 Å². The Kier molecular flexibility index (Phi) is 8.16. The van der Waals surface area contributed by atoms with Gasteiger partial charge in [0.15, 0.2) is 6.61 Å². The molecular formula is C27H29ClFN3O2. The second-order valence-electron chi connectivity index (χ2n) is 8.60. The first-order chi connectivity index (χ1) is 16.5. The van der Waals surface area contributed by atoms with E-state index < -0.39 is 0 Å². The van der Waals surface area contributed by atoms with Crippen molar-refractivity contribution in [2.24, 2.45) is 0 Å². The highest BCUT2D eigenvalue weighted by Crippen LogP contribution is 2.28. The Bertz CT molecular complexity index is 1100. The predicted octanol–water partition coefficient (Wildman–Crippen LogP) is 4.59. The van der Waals surface area contributed by atoms with Gasteiger partial charge in [-0.05, 0) is 60.1 Å². The first-order valence-electron chi connectivity index (χ1n) is 11.4. The van der Waals surface area contributed by atoms with Gasteiger partial charge in [-0.15, -0.1) is 0 Å². The number of ether oxygens (including phenoxy) is 1. The number of carbonyl (C=O) groups excluding carboxylic acids is 1. The average molecular weight is 482 g/mol. The Morgan fingerprint density at radius 3 is 2.35 bits per heavy atom. The van der Waals surface area contributed by atoms with Gasteiger partial charge >= 0.3 is 0 Å². The lowest BCUT2D eigenvalue weighted by Crippen LogP contribution is -2.43. The Labute approximate surface area is 205 Å². The summed E-state index contributed by atoms with van der Waals surface area (Å²) >= 11 is 5.91. The van der Waals surface area contributed by atoms with Crippen LogP contribution in [0, 0.1) is 5.82 Å². The number of halogens is 2. The molecule has 0 radical (unpaired) electrons. The summed E-state index contributed by atoms with van der Waals surface area (Å²) in [5.74, 6) is 0.237. The summed E-state index contributed by atoms with van der Waals surface area (Å²) in [6, 6.07) is 19.8. The number of nitrogens with zero attached hydrogens (tertiary/aromatic N) is 2. The Morgan fingerprint density at radius 2 is 1.65 bits per heavy atom. The minimum atomic E-state index is -0.258. The number of hydrogen-bond donors (Lipinski definition) is 1. The van der Waals surface area contributed by atoms with Crippen LogP contribution in [0.1, 0.15) is 11.1 Å². The largest absolute Gasteiger partial charge is 0.483 e. The molecule has 7 heteroatoms. The number of nitrogens with one attached hydrogen (secondary N) is 1. The quantitative estimate of drug-likeness (QED) is 0.511. The van der Waals surface area contributed by atoms with Crippen molar-refractivity contribution in [1.82, 2.24) is 15.1 Å². The summed E-state index contributed by atoms with van der Waals surface area (Å²) in [5, 5.41) is 3.54. The van der Waals surface area contributed by atoms with Crippen molar-refractivity contribution in [3.05, 3.63) is 88.7 Å². The van der Waals surface area contributed by atoms with Gasteiger partial charge in [0.25, 0.3) is 5.91 Å². The number of amides is 1. The zero-order valence-electron chi connectivity index (χ0n) is 19.3.